The Morgan fingerprint density at radius 2 is 2.43 bits per heavy atom. The topological polar surface area (TPSA) is 29.0 Å². The van der Waals surface area contributed by atoms with Crippen molar-refractivity contribution in [2.24, 2.45) is 4.63 Å². The molecule has 0 saturated heterocycles. The number of nitrogens with two attached hydrogens (primary N) is 1. The van der Waals surface area contributed by atoms with Gasteiger partial charge in [0, 0.05) is 6.20 Å². The molecule has 3 heteroatoms. The van der Waals surface area contributed by atoms with Crippen LogP contribution in [0.4, 0.5) is 0 Å². The monoisotopic (exact) mass is 111 g/mol. The van der Waals surface area contributed by atoms with Crippen LogP contribution in [0.2, 0.25) is 0 Å². The molecule has 1 aliphatic heterocycles. The molecule has 0 unspecified atom stereocenters. The Hall–Kier alpha value is -0.543. The number of allylic oxidation sites excluding steroid dienone is 2. The maximum absolute atomic E-state index is 4.06. The normalized spacial score (nSPS) is 17.1. The van der Waals surface area contributed by atoms with Crippen LogP contribution in [0.15, 0.2) is 29.2 Å². The van der Waals surface area contributed by atoms with E-state index in [0.29, 0.717) is 0 Å². The molecule has 0 bridgehead atoms. The predicted molar refractivity (Wildman–Crippen MR) is 29.8 cm³/mol. The van der Waals surface area contributed by atoms with Gasteiger partial charge in [-0.1, -0.05) is 0 Å². The van der Waals surface area contributed by atoms with Crippen molar-refractivity contribution in [1.82, 2.24) is 0 Å². The van der Waals surface area contributed by atoms with Crippen LogP contribution in [0.3, 0.4) is 0 Å². The number of hydrogen-bond acceptors (Lipinski definition) is 1. The molecule has 1 heterocycles. The van der Waals surface area contributed by atoms with Gasteiger partial charge >= 0.3 is 9.47 Å². The van der Waals surface area contributed by atoms with E-state index in [-0.39, 0.29) is 9.47 Å². The highest BCUT2D eigenvalue weighted by molar-refractivity contribution is 6.09. The molecule has 2 nitrogen and oxygen atoms in total. The fraction of sp³-hybridized carbons (Fsp3) is 0. The summed E-state index contributed by atoms with van der Waals surface area (Å²) in [4.78, 5) is 2.10. The number of hydrogen-bond donors (Lipinski definition) is 1. The second-order valence-corrected chi connectivity index (χ2v) is 2.20. The summed E-state index contributed by atoms with van der Waals surface area (Å²) in [5.41, 5.74) is 0. The number of quaternary nitrogens is 1. The van der Waals surface area contributed by atoms with Gasteiger partial charge in [0.2, 0.25) is 0 Å². The van der Waals surface area contributed by atoms with Crippen molar-refractivity contribution in [3.63, 3.8) is 0 Å². The predicted octanol–water partition coefficient (Wildman–Crippen LogP) is -0.874. The fourth-order valence-electron chi connectivity index (χ4n) is 0.377. The summed E-state index contributed by atoms with van der Waals surface area (Å²) >= 11 is 0. The van der Waals surface area contributed by atoms with E-state index in [1.54, 1.807) is 0 Å². The third-order valence-electron chi connectivity index (χ3n) is 0.678. The van der Waals surface area contributed by atoms with Gasteiger partial charge < -0.3 is 4.98 Å². The lowest BCUT2D eigenvalue weighted by Crippen LogP contribution is -2.77. The van der Waals surface area contributed by atoms with Gasteiger partial charge in [0.05, 0.1) is 6.20 Å². The number of nitrogens with zero attached hydrogens (tertiary/aromatic N) is 1. The second-order valence-electron chi connectivity index (χ2n) is 1.22. The quantitative estimate of drug-likeness (QED) is 0.394. The maximum Gasteiger partial charge on any atom is 0.399 e. The highest BCUT2D eigenvalue weighted by Crippen LogP contribution is 1.73. The van der Waals surface area contributed by atoms with Gasteiger partial charge in [0.25, 0.3) is 0 Å². The maximum atomic E-state index is 4.06. The minimum absolute atomic E-state index is 0.211. The van der Waals surface area contributed by atoms with Crippen LogP contribution < -0.4 is 4.98 Å². The first-order valence-corrected chi connectivity index (χ1v) is 3.37. The third-order valence-corrected chi connectivity index (χ3v) is 1.42. The Balaban J connectivity index is 2.60. The highest BCUT2D eigenvalue weighted by atomic mass is 28.2. The first kappa shape index (κ1) is 4.61. The van der Waals surface area contributed by atoms with E-state index in [0.717, 1.165) is 0 Å². The van der Waals surface area contributed by atoms with Gasteiger partial charge in [-0.05, 0) is 12.2 Å². The Morgan fingerprint density at radius 1 is 1.43 bits per heavy atom. The zero-order valence-corrected chi connectivity index (χ0v) is 5.07. The van der Waals surface area contributed by atoms with Crippen molar-refractivity contribution in [1.29, 1.82) is 0 Å². The lowest BCUT2D eigenvalue weighted by atomic mass is 10.6. The molecule has 36 valence electrons. The molecule has 1 aliphatic rings. The van der Waals surface area contributed by atoms with Crippen LogP contribution in [-0.4, -0.2) is 9.47 Å². The Kier molecular flexibility index (Phi) is 1.71. The van der Waals surface area contributed by atoms with Crippen LogP contribution >= 0.6 is 0 Å². The molecule has 2 N–H and O–H groups in total. The minimum atomic E-state index is 0.211. The van der Waals surface area contributed by atoms with Crippen LogP contribution in [-0.2, 0) is 0 Å². The molecule has 0 saturated carbocycles. The molecule has 1 rings (SSSR count). The Bertz CT molecular complexity index is 112. The molecule has 0 radical (unpaired) electrons. The molecule has 0 fully saturated rings. The summed E-state index contributed by atoms with van der Waals surface area (Å²) in [5, 5.41) is 0. The van der Waals surface area contributed by atoms with Gasteiger partial charge in [0.15, 0.2) is 0 Å². The molecule has 0 aromatic rings. The second kappa shape index (κ2) is 2.60. The molecule has 0 aliphatic carbocycles. The van der Waals surface area contributed by atoms with Crippen molar-refractivity contribution in [2.45, 2.75) is 0 Å². The van der Waals surface area contributed by atoms with E-state index in [9.17, 15) is 0 Å². The fourth-order valence-corrected chi connectivity index (χ4v) is 0.903. The van der Waals surface area contributed by atoms with E-state index in [4.69, 9.17) is 0 Å². The average molecular weight is 111 g/mol. The number of rotatable bonds is 0. The van der Waals surface area contributed by atoms with Crippen molar-refractivity contribution in [3.8, 4) is 0 Å². The zero-order chi connectivity index (χ0) is 4.95. The first-order chi connectivity index (χ1) is 3.50. The van der Waals surface area contributed by atoms with Gasteiger partial charge in [-0.2, -0.15) is 0 Å². The zero-order valence-electron chi connectivity index (χ0n) is 3.91. The minimum Gasteiger partial charge on any atom is -0.342 e. The summed E-state index contributed by atoms with van der Waals surface area (Å²) in [6.45, 7) is 0. The summed E-state index contributed by atoms with van der Waals surface area (Å²) in [5.74, 6) is 0. The first-order valence-electron chi connectivity index (χ1n) is 2.18. The van der Waals surface area contributed by atoms with E-state index in [1.165, 1.54) is 0 Å². The van der Waals surface area contributed by atoms with E-state index >= 15 is 0 Å². The molecular formula is C4H7N2Si+. The van der Waals surface area contributed by atoms with Gasteiger partial charge in [-0.3, -0.25) is 4.63 Å². The van der Waals surface area contributed by atoms with Crippen LogP contribution in [0.25, 0.3) is 0 Å². The molecule has 0 aromatic heterocycles. The molecule has 0 aromatic carbocycles. The van der Waals surface area contributed by atoms with Gasteiger partial charge in [-0.25, -0.2) is 0 Å². The van der Waals surface area contributed by atoms with Crippen molar-refractivity contribution in [3.05, 3.63) is 24.6 Å². The SMILES string of the molecule is C1=CN=[SiH][NH2+]C=C1. The highest BCUT2D eigenvalue weighted by Gasteiger charge is 1.75. The van der Waals surface area contributed by atoms with Gasteiger partial charge in [-0.15, -0.1) is 0 Å². The third kappa shape index (κ3) is 1.56. The smallest absolute Gasteiger partial charge is 0.342 e. The summed E-state index contributed by atoms with van der Waals surface area (Å²) in [6.07, 6.45) is 7.80. The summed E-state index contributed by atoms with van der Waals surface area (Å²) < 4.78 is 4.06. The van der Waals surface area contributed by atoms with E-state index in [2.05, 4.69) is 9.62 Å². The summed E-state index contributed by atoms with van der Waals surface area (Å²) in [7, 11) is 0.211. The van der Waals surface area contributed by atoms with Crippen LogP contribution in [0, 0.1) is 0 Å². The molecule has 0 atom stereocenters. The lowest BCUT2D eigenvalue weighted by molar-refractivity contribution is -0.429. The Labute approximate surface area is 44.6 Å². The molecule has 7 heavy (non-hydrogen) atoms. The van der Waals surface area contributed by atoms with Crippen LogP contribution in [0.1, 0.15) is 0 Å². The van der Waals surface area contributed by atoms with Crippen molar-refractivity contribution < 1.29 is 4.98 Å². The molecule has 0 amide bonds. The van der Waals surface area contributed by atoms with Crippen molar-refractivity contribution >= 4 is 9.47 Å². The molecule has 0 spiro atoms. The standard InChI is InChI=1S/C4H6N2Si/c1-2-4-6-7-5-3-1/h1-5,7H/p+1. The van der Waals surface area contributed by atoms with Crippen LogP contribution in [0.5, 0.6) is 0 Å². The Morgan fingerprint density at radius 3 is 3.43 bits per heavy atom. The van der Waals surface area contributed by atoms with E-state index in [1.807, 2.05) is 24.6 Å². The van der Waals surface area contributed by atoms with Gasteiger partial charge in [0.1, 0.15) is 0 Å². The average Bonchev–Trinajstić information content (AvgIpc) is 1.90. The largest absolute Gasteiger partial charge is 0.399 e. The van der Waals surface area contributed by atoms with E-state index < -0.39 is 0 Å². The van der Waals surface area contributed by atoms with Crippen molar-refractivity contribution in [2.75, 3.05) is 0 Å². The lowest BCUT2D eigenvalue weighted by Gasteiger charge is -1.69. The summed E-state index contributed by atoms with van der Waals surface area (Å²) in [6, 6.07) is 0. The molecular weight excluding hydrogens is 104 g/mol.